The molecule has 0 atom stereocenters. The molecule has 0 aliphatic carbocycles. The van der Waals surface area contributed by atoms with Crippen molar-refractivity contribution >= 4 is 0 Å². The molecule has 0 amide bonds. The Kier molecular flexibility index (Phi) is 5.06. The van der Waals surface area contributed by atoms with E-state index in [9.17, 15) is 0 Å². The van der Waals surface area contributed by atoms with Crippen LogP contribution in [0.15, 0.2) is 53.1 Å². The van der Waals surface area contributed by atoms with Crippen LogP contribution >= 0.6 is 0 Å². The standard InChI is InChI=1S/C20H24N2O2/c1-4-23-19-9-7-18(8-10-19)22-15(2)12-17(16(22)3)13-21-14-20-6-5-11-24-20/h5-12,21H,4,13-14H2,1-3H3. The van der Waals surface area contributed by atoms with Gasteiger partial charge in [-0.2, -0.15) is 0 Å². The molecular formula is C20H24N2O2. The van der Waals surface area contributed by atoms with E-state index in [1.807, 2.05) is 31.2 Å². The number of ether oxygens (including phenoxy) is 1. The number of nitrogens with one attached hydrogen (secondary N) is 1. The number of aromatic nitrogens is 1. The summed E-state index contributed by atoms with van der Waals surface area (Å²) in [6.07, 6.45) is 1.70. The normalized spacial score (nSPS) is 11.0. The third-order valence-corrected chi connectivity index (χ3v) is 4.14. The summed E-state index contributed by atoms with van der Waals surface area (Å²) in [4.78, 5) is 0. The monoisotopic (exact) mass is 324 g/mol. The van der Waals surface area contributed by atoms with Crippen LogP contribution in [0.5, 0.6) is 5.75 Å². The van der Waals surface area contributed by atoms with Gasteiger partial charge in [-0.3, -0.25) is 0 Å². The average molecular weight is 324 g/mol. The molecule has 0 saturated heterocycles. The van der Waals surface area contributed by atoms with Gasteiger partial charge in [-0.15, -0.1) is 0 Å². The molecule has 3 aromatic rings. The molecule has 0 unspecified atom stereocenters. The van der Waals surface area contributed by atoms with Crippen molar-refractivity contribution in [3.05, 3.63) is 71.4 Å². The summed E-state index contributed by atoms with van der Waals surface area (Å²) in [7, 11) is 0. The smallest absolute Gasteiger partial charge is 0.119 e. The molecule has 126 valence electrons. The Morgan fingerprint density at radius 2 is 1.88 bits per heavy atom. The van der Waals surface area contributed by atoms with Crippen LogP contribution in [0.2, 0.25) is 0 Å². The molecule has 1 N–H and O–H groups in total. The van der Waals surface area contributed by atoms with E-state index in [1.165, 1.54) is 17.0 Å². The first-order chi connectivity index (χ1) is 11.7. The van der Waals surface area contributed by atoms with Gasteiger partial charge in [0.1, 0.15) is 11.5 Å². The summed E-state index contributed by atoms with van der Waals surface area (Å²) in [6, 6.07) is 14.4. The molecular weight excluding hydrogens is 300 g/mol. The fourth-order valence-corrected chi connectivity index (χ4v) is 3.00. The first-order valence-electron chi connectivity index (χ1n) is 8.33. The highest BCUT2D eigenvalue weighted by Crippen LogP contribution is 2.23. The van der Waals surface area contributed by atoms with Gasteiger partial charge in [-0.05, 0) is 68.8 Å². The Morgan fingerprint density at radius 3 is 2.54 bits per heavy atom. The van der Waals surface area contributed by atoms with Crippen molar-refractivity contribution in [2.45, 2.75) is 33.9 Å². The zero-order valence-corrected chi connectivity index (χ0v) is 14.5. The number of nitrogens with zero attached hydrogens (tertiary/aromatic N) is 1. The van der Waals surface area contributed by atoms with Crippen molar-refractivity contribution in [2.75, 3.05) is 6.61 Å². The van der Waals surface area contributed by atoms with Crippen molar-refractivity contribution in [3.63, 3.8) is 0 Å². The summed E-state index contributed by atoms with van der Waals surface area (Å²) >= 11 is 0. The van der Waals surface area contributed by atoms with Crippen molar-refractivity contribution in [1.29, 1.82) is 0 Å². The van der Waals surface area contributed by atoms with Crippen LogP contribution in [-0.2, 0) is 13.1 Å². The second kappa shape index (κ2) is 7.41. The fourth-order valence-electron chi connectivity index (χ4n) is 3.00. The molecule has 0 aliphatic heterocycles. The van der Waals surface area contributed by atoms with Crippen molar-refractivity contribution < 1.29 is 9.15 Å². The van der Waals surface area contributed by atoms with Gasteiger partial charge in [-0.1, -0.05) is 0 Å². The third kappa shape index (κ3) is 3.54. The van der Waals surface area contributed by atoms with Gasteiger partial charge < -0.3 is 19.0 Å². The summed E-state index contributed by atoms with van der Waals surface area (Å²) < 4.78 is 13.2. The fraction of sp³-hybridized carbons (Fsp3) is 0.300. The lowest BCUT2D eigenvalue weighted by Gasteiger charge is -2.11. The van der Waals surface area contributed by atoms with Gasteiger partial charge >= 0.3 is 0 Å². The number of furan rings is 1. The molecule has 24 heavy (non-hydrogen) atoms. The minimum Gasteiger partial charge on any atom is -0.494 e. The molecule has 0 saturated carbocycles. The predicted octanol–water partition coefficient (Wildman–Crippen LogP) is 4.38. The van der Waals surface area contributed by atoms with Crippen LogP contribution in [-0.4, -0.2) is 11.2 Å². The Balaban J connectivity index is 1.73. The average Bonchev–Trinajstić information content (AvgIpc) is 3.18. The molecule has 2 aromatic heterocycles. The lowest BCUT2D eigenvalue weighted by Crippen LogP contribution is -2.12. The lowest BCUT2D eigenvalue weighted by molar-refractivity contribution is 0.340. The van der Waals surface area contributed by atoms with Gasteiger partial charge in [-0.25, -0.2) is 0 Å². The van der Waals surface area contributed by atoms with E-state index in [2.05, 4.69) is 41.9 Å². The van der Waals surface area contributed by atoms with Crippen LogP contribution in [0.3, 0.4) is 0 Å². The van der Waals surface area contributed by atoms with E-state index in [4.69, 9.17) is 9.15 Å². The summed E-state index contributed by atoms with van der Waals surface area (Å²) in [5.74, 6) is 1.86. The zero-order valence-electron chi connectivity index (χ0n) is 14.5. The van der Waals surface area contributed by atoms with Gasteiger partial charge in [0.05, 0.1) is 19.4 Å². The minimum absolute atomic E-state index is 0.687. The molecule has 3 rings (SSSR count). The van der Waals surface area contributed by atoms with E-state index in [-0.39, 0.29) is 0 Å². The molecule has 0 radical (unpaired) electrons. The minimum atomic E-state index is 0.687. The van der Waals surface area contributed by atoms with Crippen molar-refractivity contribution in [2.24, 2.45) is 0 Å². The van der Waals surface area contributed by atoms with Crippen molar-refractivity contribution in [3.8, 4) is 11.4 Å². The van der Waals surface area contributed by atoms with Gasteiger partial charge in [0.2, 0.25) is 0 Å². The van der Waals surface area contributed by atoms with Gasteiger partial charge in [0.25, 0.3) is 0 Å². The number of benzene rings is 1. The highest BCUT2D eigenvalue weighted by atomic mass is 16.5. The Labute approximate surface area is 143 Å². The number of rotatable bonds is 7. The highest BCUT2D eigenvalue weighted by molar-refractivity contribution is 5.43. The summed E-state index contributed by atoms with van der Waals surface area (Å²) in [5, 5.41) is 3.44. The summed E-state index contributed by atoms with van der Waals surface area (Å²) in [6.45, 7) is 8.53. The van der Waals surface area contributed by atoms with Crippen LogP contribution in [0.25, 0.3) is 5.69 Å². The Hall–Kier alpha value is -2.46. The van der Waals surface area contributed by atoms with Crippen molar-refractivity contribution in [1.82, 2.24) is 9.88 Å². The second-order valence-electron chi connectivity index (χ2n) is 5.84. The first kappa shape index (κ1) is 16.4. The molecule has 4 nitrogen and oxygen atoms in total. The Bertz CT molecular complexity index is 771. The molecule has 1 aromatic carbocycles. The van der Waals surface area contributed by atoms with E-state index in [0.29, 0.717) is 6.61 Å². The third-order valence-electron chi connectivity index (χ3n) is 4.14. The van der Waals surface area contributed by atoms with Gasteiger partial charge in [0, 0.05) is 23.6 Å². The number of hydrogen-bond acceptors (Lipinski definition) is 3. The topological polar surface area (TPSA) is 39.3 Å². The van der Waals surface area contributed by atoms with Crippen LogP contribution < -0.4 is 10.1 Å². The molecule has 0 aliphatic rings. The summed E-state index contributed by atoms with van der Waals surface area (Å²) in [5.41, 5.74) is 4.94. The molecule has 4 heteroatoms. The van der Waals surface area contributed by atoms with E-state index in [0.717, 1.165) is 30.3 Å². The van der Waals surface area contributed by atoms with E-state index < -0.39 is 0 Å². The lowest BCUT2D eigenvalue weighted by atomic mass is 10.2. The maximum absolute atomic E-state index is 5.52. The molecule has 0 spiro atoms. The predicted molar refractivity (Wildman–Crippen MR) is 95.7 cm³/mol. The SMILES string of the molecule is CCOc1ccc(-n2c(C)cc(CNCc3ccco3)c2C)cc1. The second-order valence-corrected chi connectivity index (χ2v) is 5.84. The molecule has 2 heterocycles. The number of hydrogen-bond donors (Lipinski definition) is 1. The Morgan fingerprint density at radius 1 is 1.08 bits per heavy atom. The maximum atomic E-state index is 5.52. The van der Waals surface area contributed by atoms with Crippen LogP contribution in [0, 0.1) is 13.8 Å². The van der Waals surface area contributed by atoms with E-state index in [1.54, 1.807) is 6.26 Å². The zero-order chi connectivity index (χ0) is 16.9. The molecule has 0 fully saturated rings. The molecule has 0 bridgehead atoms. The largest absolute Gasteiger partial charge is 0.494 e. The van der Waals surface area contributed by atoms with Crippen LogP contribution in [0.1, 0.15) is 29.6 Å². The van der Waals surface area contributed by atoms with Gasteiger partial charge in [0.15, 0.2) is 0 Å². The quantitative estimate of drug-likeness (QED) is 0.701. The highest BCUT2D eigenvalue weighted by Gasteiger charge is 2.10. The first-order valence-corrected chi connectivity index (χ1v) is 8.33. The van der Waals surface area contributed by atoms with E-state index >= 15 is 0 Å². The maximum Gasteiger partial charge on any atom is 0.119 e. The number of aryl methyl sites for hydroxylation is 1. The van der Waals surface area contributed by atoms with Crippen LogP contribution in [0.4, 0.5) is 0 Å².